The van der Waals surface area contributed by atoms with Crippen LogP contribution in [-0.2, 0) is 0 Å². The highest BCUT2D eigenvalue weighted by Crippen LogP contribution is 1.97. The van der Waals surface area contributed by atoms with Gasteiger partial charge in [-0.05, 0) is 39.9 Å². The van der Waals surface area contributed by atoms with Crippen LogP contribution in [-0.4, -0.2) is 16.9 Å². The highest BCUT2D eigenvalue weighted by atomic mass is 32.1. The molecule has 0 bridgehead atoms. The Morgan fingerprint density at radius 2 is 2.00 bits per heavy atom. The predicted octanol–water partition coefficient (Wildman–Crippen LogP) is 1.25. The monoisotopic (exact) mass is 173 g/mol. The second kappa shape index (κ2) is 4.28. The lowest BCUT2D eigenvalue weighted by Gasteiger charge is -2.21. The average Bonchev–Trinajstić information content (AvgIpc) is 1.79. The summed E-state index contributed by atoms with van der Waals surface area (Å²) in [5.41, 5.74) is 2.67. The van der Waals surface area contributed by atoms with E-state index in [1.807, 2.05) is 27.7 Å². The van der Waals surface area contributed by atoms with Crippen LogP contribution in [0.4, 0.5) is 0 Å². The third kappa shape index (κ3) is 7.25. The standard InChI is InChI=1S/C7H15N3S/c1-5-8-10-6(11)9-7(2,3)4/h5H,1-4H3,(H2,9,10,11)/b8-5+. The normalized spacial score (nSPS) is 11.6. The van der Waals surface area contributed by atoms with Gasteiger partial charge in [-0.3, -0.25) is 5.43 Å². The zero-order valence-electron chi connectivity index (χ0n) is 7.43. The van der Waals surface area contributed by atoms with E-state index in [0.717, 1.165) is 0 Å². The molecule has 0 saturated carbocycles. The molecular formula is C7H15N3S. The lowest BCUT2D eigenvalue weighted by Crippen LogP contribution is -2.44. The number of nitrogens with one attached hydrogen (secondary N) is 2. The van der Waals surface area contributed by atoms with Gasteiger partial charge in [-0.15, -0.1) is 0 Å². The highest BCUT2D eigenvalue weighted by Gasteiger charge is 2.09. The first-order valence-corrected chi connectivity index (χ1v) is 3.92. The van der Waals surface area contributed by atoms with Crippen molar-refractivity contribution < 1.29 is 0 Å². The maximum atomic E-state index is 4.93. The molecule has 3 nitrogen and oxygen atoms in total. The minimum atomic E-state index is -0.00660. The van der Waals surface area contributed by atoms with Gasteiger partial charge in [0, 0.05) is 11.8 Å². The summed E-state index contributed by atoms with van der Waals surface area (Å²) in [7, 11) is 0. The van der Waals surface area contributed by atoms with Crippen molar-refractivity contribution in [2.24, 2.45) is 5.10 Å². The van der Waals surface area contributed by atoms with Crippen molar-refractivity contribution in [1.29, 1.82) is 0 Å². The van der Waals surface area contributed by atoms with Gasteiger partial charge in [-0.1, -0.05) is 0 Å². The average molecular weight is 173 g/mol. The summed E-state index contributed by atoms with van der Waals surface area (Å²) >= 11 is 4.93. The van der Waals surface area contributed by atoms with Crippen molar-refractivity contribution in [3.63, 3.8) is 0 Å². The molecule has 0 radical (unpaired) electrons. The molecule has 11 heavy (non-hydrogen) atoms. The highest BCUT2D eigenvalue weighted by molar-refractivity contribution is 7.80. The van der Waals surface area contributed by atoms with Gasteiger partial charge in [0.25, 0.3) is 0 Å². The van der Waals surface area contributed by atoms with Crippen molar-refractivity contribution in [1.82, 2.24) is 10.7 Å². The fourth-order valence-corrected chi connectivity index (χ4v) is 0.851. The van der Waals surface area contributed by atoms with Gasteiger partial charge in [0.15, 0.2) is 5.11 Å². The summed E-state index contributed by atoms with van der Waals surface area (Å²) in [6, 6.07) is 0. The van der Waals surface area contributed by atoms with Crippen molar-refractivity contribution in [2.75, 3.05) is 0 Å². The molecule has 2 N–H and O–H groups in total. The molecule has 0 heterocycles. The van der Waals surface area contributed by atoms with Gasteiger partial charge in [0.1, 0.15) is 0 Å². The predicted molar refractivity (Wildman–Crippen MR) is 52.8 cm³/mol. The Morgan fingerprint density at radius 3 is 2.36 bits per heavy atom. The number of hydrogen-bond acceptors (Lipinski definition) is 2. The summed E-state index contributed by atoms with van der Waals surface area (Å²) in [5, 5.41) is 7.39. The first kappa shape index (κ1) is 10.4. The largest absolute Gasteiger partial charge is 0.357 e. The molecule has 0 aromatic rings. The van der Waals surface area contributed by atoms with Gasteiger partial charge in [0.05, 0.1) is 0 Å². The van der Waals surface area contributed by atoms with E-state index in [-0.39, 0.29) is 5.54 Å². The van der Waals surface area contributed by atoms with Crippen LogP contribution in [0.2, 0.25) is 0 Å². The molecule has 0 atom stereocenters. The molecule has 0 unspecified atom stereocenters. The molecule has 0 aromatic heterocycles. The van der Waals surface area contributed by atoms with E-state index in [0.29, 0.717) is 5.11 Å². The summed E-state index contributed by atoms with van der Waals surface area (Å²) < 4.78 is 0. The third-order valence-electron chi connectivity index (χ3n) is 0.784. The topological polar surface area (TPSA) is 36.4 Å². The van der Waals surface area contributed by atoms with Crippen LogP contribution >= 0.6 is 12.2 Å². The third-order valence-corrected chi connectivity index (χ3v) is 0.977. The summed E-state index contributed by atoms with van der Waals surface area (Å²) in [4.78, 5) is 0. The Kier molecular flexibility index (Phi) is 4.03. The summed E-state index contributed by atoms with van der Waals surface area (Å²) in [6.07, 6.45) is 1.65. The minimum absolute atomic E-state index is 0.00660. The SMILES string of the molecule is C/C=N/NC(=S)NC(C)(C)C. The van der Waals surface area contributed by atoms with E-state index in [1.54, 1.807) is 6.21 Å². The smallest absolute Gasteiger partial charge is 0.187 e. The van der Waals surface area contributed by atoms with Crippen molar-refractivity contribution in [3.8, 4) is 0 Å². The van der Waals surface area contributed by atoms with E-state index in [4.69, 9.17) is 12.2 Å². The Morgan fingerprint density at radius 1 is 1.45 bits per heavy atom. The molecule has 0 saturated heterocycles. The quantitative estimate of drug-likeness (QED) is 0.356. The summed E-state index contributed by atoms with van der Waals surface area (Å²) in [6.45, 7) is 7.94. The second-order valence-corrected chi connectivity index (χ2v) is 3.61. The second-order valence-electron chi connectivity index (χ2n) is 3.20. The zero-order valence-corrected chi connectivity index (χ0v) is 8.25. The number of hydrogen-bond donors (Lipinski definition) is 2. The van der Waals surface area contributed by atoms with Crippen LogP contribution in [0.3, 0.4) is 0 Å². The Bertz CT molecular complexity index is 158. The van der Waals surface area contributed by atoms with Crippen LogP contribution in [0.5, 0.6) is 0 Å². The fraction of sp³-hybridized carbons (Fsp3) is 0.714. The van der Waals surface area contributed by atoms with Gasteiger partial charge in [-0.25, -0.2) is 0 Å². The van der Waals surface area contributed by atoms with Crippen LogP contribution in [0, 0.1) is 0 Å². The van der Waals surface area contributed by atoms with Crippen LogP contribution in [0.25, 0.3) is 0 Å². The molecule has 0 aliphatic carbocycles. The molecule has 0 spiro atoms. The molecule has 64 valence electrons. The van der Waals surface area contributed by atoms with Crippen LogP contribution < -0.4 is 10.7 Å². The number of nitrogens with zero attached hydrogens (tertiary/aromatic N) is 1. The van der Waals surface area contributed by atoms with E-state index in [9.17, 15) is 0 Å². The molecule has 0 rings (SSSR count). The Labute approximate surface area is 73.3 Å². The molecular weight excluding hydrogens is 158 g/mol. The van der Waals surface area contributed by atoms with Gasteiger partial charge < -0.3 is 5.32 Å². The van der Waals surface area contributed by atoms with Crippen molar-refractivity contribution in [2.45, 2.75) is 33.2 Å². The molecule has 0 aliphatic heterocycles. The van der Waals surface area contributed by atoms with Crippen LogP contribution in [0.1, 0.15) is 27.7 Å². The molecule has 0 amide bonds. The first-order valence-electron chi connectivity index (χ1n) is 3.51. The van der Waals surface area contributed by atoms with Crippen LogP contribution in [0.15, 0.2) is 5.10 Å². The van der Waals surface area contributed by atoms with Crippen molar-refractivity contribution >= 4 is 23.5 Å². The maximum Gasteiger partial charge on any atom is 0.187 e. The summed E-state index contributed by atoms with van der Waals surface area (Å²) in [5.74, 6) is 0. The van der Waals surface area contributed by atoms with Gasteiger partial charge in [-0.2, -0.15) is 5.10 Å². The number of rotatable bonds is 1. The first-order chi connectivity index (χ1) is 4.95. The molecule has 0 aromatic carbocycles. The van der Waals surface area contributed by atoms with E-state index >= 15 is 0 Å². The molecule has 0 aliphatic rings. The zero-order chi connectivity index (χ0) is 8.91. The van der Waals surface area contributed by atoms with Gasteiger partial charge >= 0.3 is 0 Å². The molecule has 0 fully saturated rings. The van der Waals surface area contributed by atoms with E-state index in [1.165, 1.54) is 0 Å². The lowest BCUT2D eigenvalue weighted by molar-refractivity contribution is 0.508. The van der Waals surface area contributed by atoms with E-state index in [2.05, 4.69) is 15.8 Å². The van der Waals surface area contributed by atoms with Crippen molar-refractivity contribution in [3.05, 3.63) is 0 Å². The Balaban J connectivity index is 3.70. The van der Waals surface area contributed by atoms with E-state index < -0.39 is 0 Å². The maximum absolute atomic E-state index is 4.93. The fourth-order valence-electron chi connectivity index (χ4n) is 0.492. The number of thiocarbonyl (C=S) groups is 1. The minimum Gasteiger partial charge on any atom is -0.357 e. The van der Waals surface area contributed by atoms with Gasteiger partial charge in [0.2, 0.25) is 0 Å². The Hall–Kier alpha value is -0.640. The lowest BCUT2D eigenvalue weighted by atomic mass is 10.1. The number of hydrazone groups is 1. The molecule has 4 heteroatoms.